The Morgan fingerprint density at radius 3 is 2.94 bits per heavy atom. The number of hydrogen-bond donors (Lipinski definition) is 1. The second-order valence-electron chi connectivity index (χ2n) is 7.59. The summed E-state index contributed by atoms with van der Waals surface area (Å²) < 4.78 is 7.09. The van der Waals surface area contributed by atoms with Crippen molar-refractivity contribution < 1.29 is 9.53 Å². The molecule has 0 bridgehead atoms. The first-order valence-electron chi connectivity index (χ1n) is 10.3. The molecule has 0 atom stereocenters. The molecule has 4 aromatic rings. The van der Waals surface area contributed by atoms with E-state index in [9.17, 15) is 4.79 Å². The maximum Gasteiger partial charge on any atom is 0.342 e. The number of ether oxygens (including phenoxy) is 1. The fourth-order valence-electron chi connectivity index (χ4n) is 4.00. The molecular formula is C22H22N6O2S. The van der Waals surface area contributed by atoms with Crippen LogP contribution in [0.3, 0.4) is 0 Å². The summed E-state index contributed by atoms with van der Waals surface area (Å²) in [7, 11) is 0. The number of aromatic nitrogens is 5. The second-order valence-corrected chi connectivity index (χ2v) is 8.67. The first-order chi connectivity index (χ1) is 15.1. The van der Waals surface area contributed by atoms with Crippen molar-refractivity contribution >= 4 is 33.3 Å². The summed E-state index contributed by atoms with van der Waals surface area (Å²) in [5.41, 5.74) is 8.61. The maximum absolute atomic E-state index is 12.6. The summed E-state index contributed by atoms with van der Waals surface area (Å²) >= 11 is 1.68. The van der Waals surface area contributed by atoms with E-state index in [4.69, 9.17) is 10.5 Å². The van der Waals surface area contributed by atoms with Crippen molar-refractivity contribution in [3.63, 3.8) is 0 Å². The minimum atomic E-state index is -0.482. The second kappa shape index (κ2) is 8.07. The standard InChI is InChI=1S/C22H22N6O2S/c1-13-15(11-25-28(13)18-9-5-6-10-24-18)22(29)30-12-17-26-20(23)19-14-7-3-2-4-8-16(14)31-21(19)27-17/h5-6,9-11H,2-4,7-8,12H2,1H3,(H2,23,26,27). The average molecular weight is 435 g/mol. The van der Waals surface area contributed by atoms with Gasteiger partial charge in [0.05, 0.1) is 17.3 Å². The summed E-state index contributed by atoms with van der Waals surface area (Å²) in [5.74, 6) is 1.03. The van der Waals surface area contributed by atoms with Gasteiger partial charge in [0.15, 0.2) is 18.2 Å². The molecule has 2 N–H and O–H groups in total. The van der Waals surface area contributed by atoms with Crippen LogP contribution in [0.4, 0.5) is 5.82 Å². The van der Waals surface area contributed by atoms with Crippen LogP contribution in [0.5, 0.6) is 0 Å². The van der Waals surface area contributed by atoms with Gasteiger partial charge in [-0.15, -0.1) is 11.3 Å². The van der Waals surface area contributed by atoms with Gasteiger partial charge in [-0.3, -0.25) is 0 Å². The summed E-state index contributed by atoms with van der Waals surface area (Å²) in [6.07, 6.45) is 8.87. The molecule has 8 nitrogen and oxygen atoms in total. The Labute approximate surface area is 183 Å². The zero-order valence-electron chi connectivity index (χ0n) is 17.2. The first-order valence-corrected chi connectivity index (χ1v) is 11.1. The molecule has 4 heterocycles. The molecule has 158 valence electrons. The number of thiophene rings is 1. The van der Waals surface area contributed by atoms with Crippen LogP contribution >= 0.6 is 11.3 Å². The summed E-state index contributed by atoms with van der Waals surface area (Å²) in [6, 6.07) is 5.51. The molecule has 1 aliphatic carbocycles. The Bertz CT molecular complexity index is 1260. The van der Waals surface area contributed by atoms with Gasteiger partial charge in [0.2, 0.25) is 0 Å². The number of nitrogens with two attached hydrogens (primary N) is 1. The van der Waals surface area contributed by atoms with Gasteiger partial charge >= 0.3 is 5.97 Å². The minimum Gasteiger partial charge on any atom is -0.454 e. The Balaban J connectivity index is 1.35. The highest BCUT2D eigenvalue weighted by molar-refractivity contribution is 7.19. The van der Waals surface area contributed by atoms with E-state index < -0.39 is 5.97 Å². The molecule has 5 rings (SSSR count). The number of rotatable bonds is 4. The highest BCUT2D eigenvalue weighted by Gasteiger charge is 2.21. The number of aryl methyl sites for hydroxylation is 2. The maximum atomic E-state index is 12.6. The number of carbonyl (C=O) groups excluding carboxylic acids is 1. The normalized spacial score (nSPS) is 13.7. The molecule has 0 radical (unpaired) electrons. The van der Waals surface area contributed by atoms with E-state index in [0.717, 1.165) is 23.1 Å². The lowest BCUT2D eigenvalue weighted by atomic mass is 10.1. The van der Waals surface area contributed by atoms with E-state index in [1.165, 1.54) is 35.9 Å². The van der Waals surface area contributed by atoms with Gasteiger partial charge in [-0.25, -0.2) is 24.4 Å². The van der Waals surface area contributed by atoms with Crippen LogP contribution in [-0.2, 0) is 24.2 Å². The SMILES string of the molecule is Cc1c(C(=O)OCc2nc(N)c3c4c(sc3n2)CCCCC4)cnn1-c1ccccn1. The monoisotopic (exact) mass is 434 g/mol. The van der Waals surface area contributed by atoms with Crippen molar-refractivity contribution in [3.05, 3.63) is 58.1 Å². The molecule has 0 saturated heterocycles. The van der Waals surface area contributed by atoms with Crippen LogP contribution in [0.2, 0.25) is 0 Å². The van der Waals surface area contributed by atoms with E-state index in [1.807, 2.05) is 18.2 Å². The Morgan fingerprint density at radius 1 is 1.23 bits per heavy atom. The zero-order chi connectivity index (χ0) is 21.4. The van der Waals surface area contributed by atoms with Crippen molar-refractivity contribution in [2.75, 3.05) is 5.73 Å². The molecule has 0 amide bonds. The van der Waals surface area contributed by atoms with Crippen LogP contribution in [0.1, 0.15) is 51.6 Å². The number of fused-ring (bicyclic) bond motifs is 3. The van der Waals surface area contributed by atoms with Gasteiger partial charge in [0.1, 0.15) is 16.2 Å². The summed E-state index contributed by atoms with van der Waals surface area (Å²) in [4.78, 5) is 28.2. The largest absolute Gasteiger partial charge is 0.454 e. The lowest BCUT2D eigenvalue weighted by Crippen LogP contribution is -2.10. The van der Waals surface area contributed by atoms with E-state index in [2.05, 4.69) is 20.1 Å². The predicted molar refractivity (Wildman–Crippen MR) is 118 cm³/mol. The van der Waals surface area contributed by atoms with Gasteiger partial charge < -0.3 is 10.5 Å². The number of nitrogen functional groups attached to an aromatic ring is 1. The Morgan fingerprint density at radius 2 is 2.10 bits per heavy atom. The molecule has 0 aromatic carbocycles. The summed E-state index contributed by atoms with van der Waals surface area (Å²) in [6.45, 7) is 1.76. The van der Waals surface area contributed by atoms with E-state index in [1.54, 1.807) is 29.1 Å². The highest BCUT2D eigenvalue weighted by atomic mass is 32.1. The lowest BCUT2D eigenvalue weighted by molar-refractivity contribution is 0.0462. The lowest BCUT2D eigenvalue weighted by Gasteiger charge is -2.07. The molecular weight excluding hydrogens is 412 g/mol. The number of esters is 1. The van der Waals surface area contributed by atoms with Crippen LogP contribution in [0.25, 0.3) is 16.0 Å². The molecule has 0 fully saturated rings. The third kappa shape index (κ3) is 3.65. The van der Waals surface area contributed by atoms with E-state index >= 15 is 0 Å². The highest BCUT2D eigenvalue weighted by Crippen LogP contribution is 2.37. The Hall–Kier alpha value is -3.33. The van der Waals surface area contributed by atoms with Crippen molar-refractivity contribution in [3.8, 4) is 5.82 Å². The van der Waals surface area contributed by atoms with Crippen LogP contribution in [0, 0.1) is 6.92 Å². The van der Waals surface area contributed by atoms with Gasteiger partial charge in [0.25, 0.3) is 0 Å². The van der Waals surface area contributed by atoms with Gasteiger partial charge in [0, 0.05) is 11.1 Å². The van der Waals surface area contributed by atoms with Crippen LogP contribution in [-0.4, -0.2) is 30.7 Å². The van der Waals surface area contributed by atoms with Crippen molar-refractivity contribution in [1.82, 2.24) is 24.7 Å². The smallest absolute Gasteiger partial charge is 0.342 e. The fraction of sp³-hybridized carbons (Fsp3) is 0.318. The van der Waals surface area contributed by atoms with Crippen LogP contribution in [0.15, 0.2) is 30.6 Å². The predicted octanol–water partition coefficient (Wildman–Crippen LogP) is 3.79. The van der Waals surface area contributed by atoms with Gasteiger partial charge in [-0.2, -0.15) is 5.10 Å². The van der Waals surface area contributed by atoms with Crippen LogP contribution < -0.4 is 5.73 Å². The van der Waals surface area contributed by atoms with E-state index in [0.29, 0.717) is 28.7 Å². The quantitative estimate of drug-likeness (QED) is 0.384. The minimum absolute atomic E-state index is 0.0459. The average Bonchev–Trinajstić information content (AvgIpc) is 3.25. The fourth-order valence-corrected chi connectivity index (χ4v) is 5.29. The molecule has 0 unspecified atom stereocenters. The number of anilines is 1. The molecule has 31 heavy (non-hydrogen) atoms. The van der Waals surface area contributed by atoms with Crippen molar-refractivity contribution in [1.29, 1.82) is 0 Å². The van der Waals surface area contributed by atoms with E-state index in [-0.39, 0.29) is 6.61 Å². The third-order valence-electron chi connectivity index (χ3n) is 5.57. The van der Waals surface area contributed by atoms with Crippen molar-refractivity contribution in [2.24, 2.45) is 0 Å². The molecule has 9 heteroatoms. The number of hydrogen-bond acceptors (Lipinski definition) is 8. The molecule has 0 saturated carbocycles. The zero-order valence-corrected chi connectivity index (χ0v) is 18.0. The van der Waals surface area contributed by atoms with Gasteiger partial charge in [-0.05, 0) is 50.3 Å². The molecule has 4 aromatic heterocycles. The summed E-state index contributed by atoms with van der Waals surface area (Å²) in [5, 5.41) is 5.24. The Kier molecular flexibility index (Phi) is 5.11. The van der Waals surface area contributed by atoms with Crippen molar-refractivity contribution in [2.45, 2.75) is 45.6 Å². The third-order valence-corrected chi connectivity index (χ3v) is 6.75. The number of pyridine rings is 1. The molecule has 0 spiro atoms. The molecule has 1 aliphatic rings. The topological polar surface area (TPSA) is 109 Å². The first kappa shape index (κ1) is 19.6. The van der Waals surface area contributed by atoms with Gasteiger partial charge in [-0.1, -0.05) is 12.5 Å². The number of nitrogens with zero attached hydrogens (tertiary/aromatic N) is 5. The molecule has 0 aliphatic heterocycles. The number of carbonyl (C=O) groups is 1.